The van der Waals surface area contributed by atoms with Crippen molar-refractivity contribution in [3.8, 4) is 0 Å². The zero-order valence-corrected chi connectivity index (χ0v) is 17.6. The summed E-state index contributed by atoms with van der Waals surface area (Å²) < 4.78 is 15.1. The smallest absolute Gasteiger partial charge is 0.147 e. The normalized spacial score (nSPS) is 46.3. The van der Waals surface area contributed by atoms with Gasteiger partial charge in [-0.3, -0.25) is 4.79 Å². The zero-order chi connectivity index (χ0) is 18.6. The van der Waals surface area contributed by atoms with Crippen molar-refractivity contribution in [2.75, 3.05) is 5.33 Å². The van der Waals surface area contributed by atoms with Crippen molar-refractivity contribution in [3.63, 3.8) is 0 Å². The second-order valence-electron chi connectivity index (χ2n) is 9.72. The van der Waals surface area contributed by atoms with Crippen LogP contribution in [0.5, 0.6) is 0 Å². The fourth-order valence-corrected chi connectivity index (χ4v) is 7.78. The molecule has 0 aromatic heterocycles. The largest absolute Gasteiger partial charge is 0.393 e. The first-order chi connectivity index (χ1) is 12.4. The highest BCUT2D eigenvalue weighted by Crippen LogP contribution is 2.64. The third-order valence-electron chi connectivity index (χ3n) is 8.76. The summed E-state index contributed by atoms with van der Waals surface area (Å²) in [7, 11) is 0. The van der Waals surface area contributed by atoms with E-state index in [4.69, 9.17) is 0 Å². The molecule has 146 valence electrons. The van der Waals surface area contributed by atoms with Gasteiger partial charge in [-0.05, 0) is 92.4 Å². The van der Waals surface area contributed by atoms with Gasteiger partial charge in [0.25, 0.3) is 0 Å². The van der Waals surface area contributed by atoms with Crippen LogP contribution in [0.3, 0.4) is 0 Å². The molecule has 0 spiro atoms. The van der Waals surface area contributed by atoms with Crippen molar-refractivity contribution in [1.29, 1.82) is 0 Å². The SMILES string of the molecule is CC(O)C1CCC2=C(F)C[C@@H]3[C@H](CC[C@]4(C)[C@@H](C(=O)CBr)CC[C@@H]34)[C@H]2C1. The van der Waals surface area contributed by atoms with Gasteiger partial charge in [0.05, 0.1) is 17.3 Å². The number of hydrogen-bond donors (Lipinski definition) is 1. The molecule has 0 aromatic carbocycles. The van der Waals surface area contributed by atoms with Gasteiger partial charge < -0.3 is 5.11 Å². The van der Waals surface area contributed by atoms with E-state index in [1.165, 1.54) is 0 Å². The summed E-state index contributed by atoms with van der Waals surface area (Å²) in [6.07, 6.45) is 7.31. The van der Waals surface area contributed by atoms with Gasteiger partial charge in [-0.25, -0.2) is 4.39 Å². The molecule has 0 aromatic rings. The van der Waals surface area contributed by atoms with Crippen LogP contribution >= 0.6 is 15.9 Å². The molecule has 2 nitrogen and oxygen atoms in total. The molecule has 0 amide bonds. The fraction of sp³-hybridized carbons (Fsp3) is 0.864. The van der Waals surface area contributed by atoms with Crippen LogP contribution < -0.4 is 0 Å². The Bertz CT molecular complexity index is 615. The standard InChI is InChI=1S/C22H32BrFO2/c1-12(25)13-3-4-15-16(9-13)14-7-8-22(2)18(17(14)10-20(15)24)5-6-19(22)21(26)11-23/h12-14,16-19,25H,3-11H2,1-2H3/t12?,13?,14-,16-,17-,18+,19-,22+/m1/s1. The number of aliphatic hydroxyl groups excluding tert-OH is 1. The maximum absolute atomic E-state index is 15.1. The quantitative estimate of drug-likeness (QED) is 0.610. The summed E-state index contributed by atoms with van der Waals surface area (Å²) in [5, 5.41) is 10.5. The molecule has 2 unspecified atom stereocenters. The van der Waals surface area contributed by atoms with Crippen LogP contribution in [0.1, 0.15) is 65.2 Å². The maximum Gasteiger partial charge on any atom is 0.147 e. The van der Waals surface area contributed by atoms with Crippen LogP contribution in [0, 0.1) is 40.9 Å². The molecule has 4 aliphatic rings. The number of carbonyl (C=O) groups is 1. The van der Waals surface area contributed by atoms with Crippen LogP contribution in [-0.4, -0.2) is 22.3 Å². The van der Waals surface area contributed by atoms with E-state index < -0.39 is 0 Å². The van der Waals surface area contributed by atoms with Crippen LogP contribution in [0.2, 0.25) is 0 Å². The Morgan fingerprint density at radius 3 is 2.77 bits per heavy atom. The molecular weight excluding hydrogens is 395 g/mol. The highest BCUT2D eigenvalue weighted by molar-refractivity contribution is 9.09. The number of aliphatic hydroxyl groups is 1. The Balaban J connectivity index is 1.62. The van der Waals surface area contributed by atoms with Crippen LogP contribution in [-0.2, 0) is 4.79 Å². The molecule has 4 heteroatoms. The topological polar surface area (TPSA) is 37.3 Å². The van der Waals surface area contributed by atoms with E-state index in [1.807, 2.05) is 6.92 Å². The van der Waals surface area contributed by atoms with Crippen molar-refractivity contribution < 1.29 is 14.3 Å². The molecule has 26 heavy (non-hydrogen) atoms. The average Bonchev–Trinajstić information content (AvgIpc) is 2.98. The summed E-state index contributed by atoms with van der Waals surface area (Å²) in [6, 6.07) is 0. The number of allylic oxidation sites excluding steroid dienone is 2. The van der Waals surface area contributed by atoms with Gasteiger partial charge in [0.1, 0.15) is 5.78 Å². The molecule has 8 atom stereocenters. The third-order valence-corrected chi connectivity index (χ3v) is 9.32. The van der Waals surface area contributed by atoms with Crippen molar-refractivity contribution >= 4 is 21.7 Å². The predicted octanol–water partition coefficient (Wildman–Crippen LogP) is 5.43. The Morgan fingerprint density at radius 1 is 1.31 bits per heavy atom. The highest BCUT2D eigenvalue weighted by Gasteiger charge is 2.58. The van der Waals surface area contributed by atoms with Gasteiger partial charge in [-0.1, -0.05) is 22.9 Å². The summed E-state index contributed by atoms with van der Waals surface area (Å²) in [6.45, 7) is 4.20. The number of ketones is 1. The van der Waals surface area contributed by atoms with E-state index in [2.05, 4.69) is 22.9 Å². The zero-order valence-electron chi connectivity index (χ0n) is 16.0. The lowest BCUT2D eigenvalue weighted by Crippen LogP contribution is -2.48. The number of fused-ring (bicyclic) bond motifs is 5. The lowest BCUT2D eigenvalue weighted by molar-refractivity contribution is -0.126. The number of Topliss-reactive ketones (excluding diaryl/α,β-unsaturated/α-hetero) is 1. The van der Waals surface area contributed by atoms with Crippen LogP contribution in [0.15, 0.2) is 11.4 Å². The molecule has 4 aliphatic carbocycles. The number of alkyl halides is 1. The van der Waals surface area contributed by atoms with Gasteiger partial charge >= 0.3 is 0 Å². The minimum absolute atomic E-state index is 0.0577. The Kier molecular flexibility index (Phi) is 5.14. The monoisotopic (exact) mass is 426 g/mol. The first-order valence-electron chi connectivity index (χ1n) is 10.5. The van der Waals surface area contributed by atoms with E-state index in [9.17, 15) is 9.90 Å². The van der Waals surface area contributed by atoms with E-state index in [-0.39, 0.29) is 23.3 Å². The maximum atomic E-state index is 15.1. The first kappa shape index (κ1) is 19.1. The minimum atomic E-state index is -0.291. The van der Waals surface area contributed by atoms with Crippen molar-refractivity contribution in [2.45, 2.75) is 71.3 Å². The van der Waals surface area contributed by atoms with E-state index in [0.29, 0.717) is 47.1 Å². The lowest BCUT2D eigenvalue weighted by Gasteiger charge is -2.54. The van der Waals surface area contributed by atoms with Gasteiger partial charge in [-0.15, -0.1) is 0 Å². The molecule has 0 aliphatic heterocycles. The molecule has 3 saturated carbocycles. The molecule has 0 bridgehead atoms. The average molecular weight is 427 g/mol. The van der Waals surface area contributed by atoms with Gasteiger partial charge in [0.2, 0.25) is 0 Å². The lowest BCUT2D eigenvalue weighted by atomic mass is 9.51. The molecule has 4 rings (SSSR count). The second-order valence-corrected chi connectivity index (χ2v) is 10.3. The number of hydrogen-bond acceptors (Lipinski definition) is 2. The molecule has 1 N–H and O–H groups in total. The Hall–Kier alpha value is -0.220. The Labute approximate surface area is 165 Å². The highest BCUT2D eigenvalue weighted by atomic mass is 79.9. The molecule has 0 radical (unpaired) electrons. The number of rotatable bonds is 3. The second kappa shape index (κ2) is 6.99. The van der Waals surface area contributed by atoms with Crippen LogP contribution in [0.4, 0.5) is 4.39 Å². The van der Waals surface area contributed by atoms with Crippen molar-refractivity contribution in [1.82, 2.24) is 0 Å². The van der Waals surface area contributed by atoms with E-state index in [0.717, 1.165) is 50.5 Å². The van der Waals surface area contributed by atoms with Gasteiger partial charge in [0.15, 0.2) is 0 Å². The predicted molar refractivity (Wildman–Crippen MR) is 105 cm³/mol. The summed E-state index contributed by atoms with van der Waals surface area (Å²) in [5.74, 6) is 2.72. The van der Waals surface area contributed by atoms with Crippen molar-refractivity contribution in [3.05, 3.63) is 11.4 Å². The van der Waals surface area contributed by atoms with Gasteiger partial charge in [-0.2, -0.15) is 0 Å². The van der Waals surface area contributed by atoms with Crippen molar-refractivity contribution in [2.24, 2.45) is 40.9 Å². The van der Waals surface area contributed by atoms with Gasteiger partial charge in [0, 0.05) is 12.3 Å². The van der Waals surface area contributed by atoms with E-state index >= 15 is 4.39 Å². The molecular formula is C22H32BrFO2. The van der Waals surface area contributed by atoms with Crippen LogP contribution in [0.25, 0.3) is 0 Å². The Morgan fingerprint density at radius 2 is 2.08 bits per heavy atom. The molecule has 0 heterocycles. The summed E-state index contributed by atoms with van der Waals surface area (Å²) in [5.41, 5.74) is 1.14. The first-order valence-corrected chi connectivity index (χ1v) is 11.6. The third kappa shape index (κ3) is 2.85. The summed E-state index contributed by atoms with van der Waals surface area (Å²) in [4.78, 5) is 12.5. The summed E-state index contributed by atoms with van der Waals surface area (Å²) >= 11 is 3.37. The molecule has 0 saturated heterocycles. The number of halogens is 2. The fourth-order valence-electron chi connectivity index (χ4n) is 7.39. The van der Waals surface area contributed by atoms with E-state index in [1.54, 1.807) is 0 Å². The molecule has 3 fully saturated rings. The minimum Gasteiger partial charge on any atom is -0.393 e. The number of carbonyl (C=O) groups excluding carboxylic acids is 1.